The third kappa shape index (κ3) is 6.36. The van der Waals surface area contributed by atoms with Crippen LogP contribution in [0.4, 0.5) is 4.39 Å². The summed E-state index contributed by atoms with van der Waals surface area (Å²) >= 11 is 1.53. The molecule has 0 saturated heterocycles. The van der Waals surface area contributed by atoms with Gasteiger partial charge in [-0.3, -0.25) is 9.36 Å². The van der Waals surface area contributed by atoms with E-state index in [9.17, 15) is 9.18 Å². The molecule has 0 radical (unpaired) electrons. The van der Waals surface area contributed by atoms with Gasteiger partial charge < -0.3 is 5.32 Å². The Balaban J connectivity index is 1.72. The number of carbonyl (C=O) groups excluding carboxylic acids is 1. The standard InChI is InChI=1S/C28H29FN4OS/c1-19(2)27(34)30-25(17-21-7-5-4-6-8-21)26-31-32-28(33(26)24-15-9-20(3)10-16-24)35-18-22-11-13-23(29)14-12-22/h4-16,19,25H,17-18H2,1-3H3,(H,30,34). The summed E-state index contributed by atoms with van der Waals surface area (Å²) in [6.45, 7) is 5.80. The highest BCUT2D eigenvalue weighted by Crippen LogP contribution is 2.29. The largest absolute Gasteiger partial charge is 0.345 e. The molecule has 35 heavy (non-hydrogen) atoms. The van der Waals surface area contributed by atoms with E-state index in [-0.39, 0.29) is 23.7 Å². The van der Waals surface area contributed by atoms with Crippen molar-refractivity contribution in [3.05, 3.63) is 107 Å². The van der Waals surface area contributed by atoms with Crippen LogP contribution in [0, 0.1) is 18.7 Å². The zero-order chi connectivity index (χ0) is 24.8. The highest BCUT2D eigenvalue weighted by Gasteiger charge is 2.25. The van der Waals surface area contributed by atoms with Crippen LogP contribution in [0.1, 0.15) is 42.4 Å². The summed E-state index contributed by atoms with van der Waals surface area (Å²) in [5.74, 6) is 0.842. The molecule has 0 saturated carbocycles. The number of aryl methyl sites for hydroxylation is 1. The topological polar surface area (TPSA) is 59.8 Å². The number of nitrogens with one attached hydrogen (secondary N) is 1. The molecule has 5 nitrogen and oxygen atoms in total. The van der Waals surface area contributed by atoms with Gasteiger partial charge in [0.15, 0.2) is 11.0 Å². The Morgan fingerprint density at radius 2 is 1.63 bits per heavy atom. The predicted octanol–water partition coefficient (Wildman–Crippen LogP) is 6.06. The molecular weight excluding hydrogens is 459 g/mol. The zero-order valence-electron chi connectivity index (χ0n) is 20.1. The summed E-state index contributed by atoms with van der Waals surface area (Å²) in [5, 5.41) is 13.0. The monoisotopic (exact) mass is 488 g/mol. The summed E-state index contributed by atoms with van der Waals surface area (Å²) in [4.78, 5) is 12.7. The number of thioether (sulfide) groups is 1. The second-order valence-corrected chi connectivity index (χ2v) is 9.77. The fourth-order valence-corrected chi connectivity index (χ4v) is 4.58. The van der Waals surface area contributed by atoms with Crippen molar-refractivity contribution in [3.63, 3.8) is 0 Å². The van der Waals surface area contributed by atoms with Crippen molar-refractivity contribution in [1.29, 1.82) is 0 Å². The van der Waals surface area contributed by atoms with Crippen LogP contribution in [-0.2, 0) is 17.0 Å². The van der Waals surface area contributed by atoms with Gasteiger partial charge in [-0.1, -0.05) is 85.8 Å². The Labute approximate surface area is 209 Å². The lowest BCUT2D eigenvalue weighted by Crippen LogP contribution is -2.34. The van der Waals surface area contributed by atoms with E-state index >= 15 is 0 Å². The number of hydrogen-bond donors (Lipinski definition) is 1. The van der Waals surface area contributed by atoms with Gasteiger partial charge in [-0.15, -0.1) is 10.2 Å². The molecule has 1 amide bonds. The van der Waals surface area contributed by atoms with Gasteiger partial charge >= 0.3 is 0 Å². The third-order valence-corrected chi connectivity index (χ3v) is 6.67. The molecule has 1 unspecified atom stereocenters. The lowest BCUT2D eigenvalue weighted by Gasteiger charge is -2.21. The molecule has 1 N–H and O–H groups in total. The van der Waals surface area contributed by atoms with Crippen LogP contribution in [-0.4, -0.2) is 20.7 Å². The van der Waals surface area contributed by atoms with E-state index < -0.39 is 0 Å². The average Bonchev–Trinajstić information content (AvgIpc) is 3.28. The van der Waals surface area contributed by atoms with Crippen LogP contribution in [0.15, 0.2) is 84.0 Å². The number of carbonyl (C=O) groups is 1. The molecule has 4 aromatic rings. The summed E-state index contributed by atoms with van der Waals surface area (Å²) in [7, 11) is 0. The van der Waals surface area contributed by atoms with Gasteiger partial charge in [0.2, 0.25) is 5.91 Å². The smallest absolute Gasteiger partial charge is 0.223 e. The molecule has 0 spiro atoms. The molecule has 0 aliphatic carbocycles. The van der Waals surface area contributed by atoms with E-state index in [1.54, 1.807) is 12.1 Å². The first-order valence-corrected chi connectivity index (χ1v) is 12.6. The van der Waals surface area contributed by atoms with Crippen molar-refractivity contribution < 1.29 is 9.18 Å². The lowest BCUT2D eigenvalue weighted by molar-refractivity contribution is -0.124. The Morgan fingerprint density at radius 1 is 0.943 bits per heavy atom. The third-order valence-electron chi connectivity index (χ3n) is 5.67. The molecule has 1 heterocycles. The summed E-state index contributed by atoms with van der Waals surface area (Å²) < 4.78 is 15.3. The van der Waals surface area contributed by atoms with Gasteiger partial charge in [-0.25, -0.2) is 4.39 Å². The normalized spacial score (nSPS) is 12.0. The van der Waals surface area contributed by atoms with Crippen LogP contribution in [0.25, 0.3) is 5.69 Å². The molecular formula is C28H29FN4OS. The number of aromatic nitrogens is 3. The number of hydrogen-bond acceptors (Lipinski definition) is 4. The number of benzene rings is 3. The molecule has 0 aliphatic heterocycles. The first-order valence-electron chi connectivity index (χ1n) is 11.6. The average molecular weight is 489 g/mol. The summed E-state index contributed by atoms with van der Waals surface area (Å²) in [6.07, 6.45) is 0.589. The molecule has 180 valence electrons. The van der Waals surface area contributed by atoms with Gasteiger partial charge in [-0.2, -0.15) is 0 Å². The van der Waals surface area contributed by atoms with Crippen molar-refractivity contribution in [1.82, 2.24) is 20.1 Å². The van der Waals surface area contributed by atoms with Crippen LogP contribution < -0.4 is 5.32 Å². The number of amides is 1. The van der Waals surface area contributed by atoms with Crippen LogP contribution >= 0.6 is 11.8 Å². The Kier molecular flexibility index (Phi) is 7.98. The highest BCUT2D eigenvalue weighted by atomic mass is 32.2. The van der Waals surface area contributed by atoms with Crippen molar-refractivity contribution in [2.75, 3.05) is 0 Å². The number of halogens is 1. The lowest BCUT2D eigenvalue weighted by atomic mass is 10.0. The van der Waals surface area contributed by atoms with Crippen LogP contribution in [0.3, 0.4) is 0 Å². The predicted molar refractivity (Wildman–Crippen MR) is 138 cm³/mol. The zero-order valence-corrected chi connectivity index (χ0v) is 20.9. The summed E-state index contributed by atoms with van der Waals surface area (Å²) in [5.41, 5.74) is 4.16. The first kappa shape index (κ1) is 24.7. The van der Waals surface area contributed by atoms with E-state index in [0.717, 1.165) is 22.4 Å². The Bertz CT molecular complexity index is 1250. The van der Waals surface area contributed by atoms with Gasteiger partial charge in [-0.05, 0) is 48.7 Å². The van der Waals surface area contributed by atoms with Crippen molar-refractivity contribution in [3.8, 4) is 5.69 Å². The highest BCUT2D eigenvalue weighted by molar-refractivity contribution is 7.98. The van der Waals surface area contributed by atoms with Crippen LogP contribution in [0.5, 0.6) is 0 Å². The molecule has 1 atom stereocenters. The van der Waals surface area contributed by atoms with E-state index in [0.29, 0.717) is 23.2 Å². The van der Waals surface area contributed by atoms with E-state index in [2.05, 4.69) is 15.5 Å². The number of rotatable bonds is 9. The SMILES string of the molecule is Cc1ccc(-n2c(SCc3ccc(F)cc3)nnc2C(Cc2ccccc2)NC(=O)C(C)C)cc1. The maximum Gasteiger partial charge on any atom is 0.223 e. The minimum absolute atomic E-state index is 0.0371. The first-order chi connectivity index (χ1) is 16.9. The molecule has 0 aliphatic rings. The Hall–Kier alpha value is -3.45. The fraction of sp³-hybridized carbons (Fsp3) is 0.250. The van der Waals surface area contributed by atoms with E-state index in [4.69, 9.17) is 0 Å². The van der Waals surface area contributed by atoms with Gasteiger partial charge in [0.05, 0.1) is 6.04 Å². The van der Waals surface area contributed by atoms with Gasteiger partial charge in [0.1, 0.15) is 5.82 Å². The second-order valence-electron chi connectivity index (χ2n) is 8.83. The van der Waals surface area contributed by atoms with E-state index in [1.165, 1.54) is 23.9 Å². The molecule has 7 heteroatoms. The maximum absolute atomic E-state index is 13.3. The molecule has 1 aromatic heterocycles. The molecule has 0 fully saturated rings. The van der Waals surface area contributed by atoms with E-state index in [1.807, 2.05) is 79.9 Å². The van der Waals surface area contributed by atoms with Gasteiger partial charge in [0.25, 0.3) is 0 Å². The van der Waals surface area contributed by atoms with Crippen molar-refractivity contribution in [2.45, 2.75) is 44.1 Å². The maximum atomic E-state index is 13.3. The molecule has 3 aromatic carbocycles. The van der Waals surface area contributed by atoms with Crippen LogP contribution in [0.2, 0.25) is 0 Å². The quantitative estimate of drug-likeness (QED) is 0.291. The minimum Gasteiger partial charge on any atom is -0.345 e. The fourth-order valence-electron chi connectivity index (χ4n) is 3.66. The molecule has 0 bridgehead atoms. The number of nitrogens with zero attached hydrogens (tertiary/aromatic N) is 3. The summed E-state index contributed by atoms with van der Waals surface area (Å²) in [6, 6.07) is 24.3. The Morgan fingerprint density at radius 3 is 2.29 bits per heavy atom. The second kappa shape index (κ2) is 11.3. The van der Waals surface area contributed by atoms with Crippen molar-refractivity contribution >= 4 is 17.7 Å². The van der Waals surface area contributed by atoms with Crippen molar-refractivity contribution in [2.24, 2.45) is 5.92 Å². The van der Waals surface area contributed by atoms with Gasteiger partial charge in [0, 0.05) is 17.4 Å². The minimum atomic E-state index is -0.360. The molecule has 4 rings (SSSR count).